The van der Waals surface area contributed by atoms with Crippen LogP contribution in [0.15, 0.2) is 5.51 Å². The Balaban J connectivity index is 2.14. The van der Waals surface area contributed by atoms with Gasteiger partial charge in [0.1, 0.15) is 0 Å². The van der Waals surface area contributed by atoms with Crippen LogP contribution in [0.3, 0.4) is 0 Å². The van der Waals surface area contributed by atoms with E-state index in [0.29, 0.717) is 6.54 Å². The van der Waals surface area contributed by atoms with Gasteiger partial charge in [-0.1, -0.05) is 0 Å². The van der Waals surface area contributed by atoms with Crippen molar-refractivity contribution in [3.63, 3.8) is 0 Å². The number of nitrogens with zero attached hydrogens (tertiary/aromatic N) is 1. The maximum atomic E-state index is 5.52. The zero-order valence-corrected chi connectivity index (χ0v) is 10.1. The molecule has 3 N–H and O–H groups in total. The number of hydrogen-bond donors (Lipinski definition) is 2. The van der Waals surface area contributed by atoms with Gasteiger partial charge in [0.2, 0.25) is 0 Å². The Bertz CT molecular complexity index is 273. The van der Waals surface area contributed by atoms with Crippen LogP contribution >= 0.6 is 11.3 Å². The fraction of sp³-hybridized carbons (Fsp3) is 0.700. The van der Waals surface area contributed by atoms with Crippen molar-refractivity contribution in [1.82, 2.24) is 10.3 Å². The predicted molar refractivity (Wildman–Crippen MR) is 63.0 cm³/mol. The van der Waals surface area contributed by atoms with Gasteiger partial charge in [-0.3, -0.25) is 0 Å². The van der Waals surface area contributed by atoms with Gasteiger partial charge < -0.3 is 15.8 Å². The van der Waals surface area contributed by atoms with Crippen LogP contribution in [0.4, 0.5) is 0 Å². The molecule has 1 heterocycles. The van der Waals surface area contributed by atoms with E-state index in [4.69, 9.17) is 10.5 Å². The van der Waals surface area contributed by atoms with Crippen LogP contribution < -0.4 is 11.1 Å². The molecule has 1 rings (SSSR count). The number of hydrogen-bond acceptors (Lipinski definition) is 5. The number of nitrogens with two attached hydrogens (primary N) is 1. The van der Waals surface area contributed by atoms with Gasteiger partial charge in [-0.15, -0.1) is 11.3 Å². The van der Waals surface area contributed by atoms with Crippen molar-refractivity contribution in [2.24, 2.45) is 5.73 Å². The third-order valence-electron chi connectivity index (χ3n) is 2.37. The van der Waals surface area contributed by atoms with E-state index in [1.54, 1.807) is 18.4 Å². The van der Waals surface area contributed by atoms with E-state index in [1.807, 2.05) is 12.4 Å². The van der Waals surface area contributed by atoms with Crippen molar-refractivity contribution >= 4 is 11.3 Å². The summed E-state index contributed by atoms with van der Waals surface area (Å²) in [6, 6.07) is 0. The minimum absolute atomic E-state index is 0.167. The summed E-state index contributed by atoms with van der Waals surface area (Å²) in [5, 5.41) is 3.36. The second-order valence-corrected chi connectivity index (χ2v) is 4.36. The lowest BCUT2D eigenvalue weighted by molar-refractivity contribution is 0.102. The van der Waals surface area contributed by atoms with E-state index in [9.17, 15) is 0 Å². The molecule has 0 aliphatic heterocycles. The minimum Gasteiger partial charge on any atom is -0.380 e. The van der Waals surface area contributed by atoms with E-state index in [1.165, 1.54) is 4.88 Å². The fourth-order valence-corrected chi connectivity index (χ4v) is 2.04. The Hall–Kier alpha value is -0.490. The third-order valence-corrected chi connectivity index (χ3v) is 3.30. The summed E-state index contributed by atoms with van der Waals surface area (Å²) in [5.41, 5.74) is 8.52. The Kier molecular flexibility index (Phi) is 5.78. The molecule has 86 valence electrons. The van der Waals surface area contributed by atoms with Gasteiger partial charge in [0, 0.05) is 25.1 Å². The van der Waals surface area contributed by atoms with Crippen molar-refractivity contribution in [1.29, 1.82) is 0 Å². The first kappa shape index (κ1) is 12.6. The summed E-state index contributed by atoms with van der Waals surface area (Å²) < 4.78 is 5.19. The highest BCUT2D eigenvalue weighted by Gasteiger charge is 2.04. The molecule has 0 bridgehead atoms. The van der Waals surface area contributed by atoms with Gasteiger partial charge >= 0.3 is 0 Å². The minimum atomic E-state index is 0.167. The van der Waals surface area contributed by atoms with Crippen molar-refractivity contribution in [2.75, 3.05) is 20.2 Å². The van der Waals surface area contributed by atoms with Gasteiger partial charge in [0.25, 0.3) is 0 Å². The molecule has 0 saturated carbocycles. The average Bonchev–Trinajstić information content (AvgIpc) is 2.65. The first-order valence-electron chi connectivity index (χ1n) is 5.10. The first-order chi connectivity index (χ1) is 7.27. The Labute approximate surface area is 94.8 Å². The van der Waals surface area contributed by atoms with Crippen LogP contribution in [0.25, 0.3) is 0 Å². The maximum absolute atomic E-state index is 5.52. The van der Waals surface area contributed by atoms with E-state index in [2.05, 4.69) is 10.3 Å². The topological polar surface area (TPSA) is 60.2 Å². The summed E-state index contributed by atoms with van der Waals surface area (Å²) in [6.07, 6.45) is 1.12. The van der Waals surface area contributed by atoms with Gasteiger partial charge in [-0.25, -0.2) is 4.98 Å². The number of nitrogens with one attached hydrogen (secondary N) is 1. The molecule has 0 saturated heterocycles. The molecule has 4 nitrogen and oxygen atoms in total. The van der Waals surface area contributed by atoms with Gasteiger partial charge in [-0.05, 0) is 19.9 Å². The molecule has 1 atom stereocenters. The van der Waals surface area contributed by atoms with Crippen LogP contribution in [0.2, 0.25) is 0 Å². The molecule has 0 fully saturated rings. The summed E-state index contributed by atoms with van der Waals surface area (Å²) in [5.74, 6) is 0. The Morgan fingerprint density at radius 1 is 1.67 bits per heavy atom. The third kappa shape index (κ3) is 4.25. The number of ether oxygens (including phenoxy) is 1. The van der Waals surface area contributed by atoms with Gasteiger partial charge in [0.05, 0.1) is 17.3 Å². The van der Waals surface area contributed by atoms with Gasteiger partial charge in [0.15, 0.2) is 0 Å². The normalized spacial score (nSPS) is 13.0. The molecular formula is C10H19N3OS. The van der Waals surface area contributed by atoms with Crippen molar-refractivity contribution in [3.8, 4) is 0 Å². The SMILES string of the molecule is COC(CN)CCNCc1scnc1C. The number of methoxy groups -OCH3 is 1. The highest BCUT2D eigenvalue weighted by molar-refractivity contribution is 7.09. The molecule has 0 aromatic carbocycles. The lowest BCUT2D eigenvalue weighted by Crippen LogP contribution is -2.27. The molecule has 1 unspecified atom stereocenters. The largest absolute Gasteiger partial charge is 0.380 e. The molecule has 0 spiro atoms. The second kappa shape index (κ2) is 6.90. The molecule has 1 aromatic heterocycles. The number of aryl methyl sites for hydroxylation is 1. The molecule has 0 aliphatic rings. The zero-order chi connectivity index (χ0) is 11.1. The number of aromatic nitrogens is 1. The number of thiazole rings is 1. The van der Waals surface area contributed by atoms with E-state index < -0.39 is 0 Å². The van der Waals surface area contributed by atoms with Crippen molar-refractivity contribution in [2.45, 2.75) is 26.0 Å². The van der Waals surface area contributed by atoms with Crippen molar-refractivity contribution in [3.05, 3.63) is 16.1 Å². The lowest BCUT2D eigenvalue weighted by atomic mass is 10.2. The van der Waals surface area contributed by atoms with E-state index >= 15 is 0 Å². The highest BCUT2D eigenvalue weighted by Crippen LogP contribution is 2.11. The summed E-state index contributed by atoms with van der Waals surface area (Å²) in [7, 11) is 1.70. The van der Waals surface area contributed by atoms with E-state index in [0.717, 1.165) is 25.2 Å². The lowest BCUT2D eigenvalue weighted by Gasteiger charge is -2.12. The zero-order valence-electron chi connectivity index (χ0n) is 9.32. The smallest absolute Gasteiger partial charge is 0.0798 e. The van der Waals surface area contributed by atoms with Gasteiger partial charge in [-0.2, -0.15) is 0 Å². The molecule has 1 aromatic rings. The van der Waals surface area contributed by atoms with Crippen molar-refractivity contribution < 1.29 is 4.74 Å². The quantitative estimate of drug-likeness (QED) is 0.682. The molecule has 0 amide bonds. The fourth-order valence-electron chi connectivity index (χ4n) is 1.29. The Morgan fingerprint density at radius 3 is 3.00 bits per heavy atom. The predicted octanol–water partition coefficient (Wildman–Crippen LogP) is 0.905. The molecule has 0 radical (unpaired) electrons. The molecule has 0 aliphatic carbocycles. The van der Waals surface area contributed by atoms with Crippen LogP contribution in [0.1, 0.15) is 17.0 Å². The highest BCUT2D eigenvalue weighted by atomic mass is 32.1. The second-order valence-electron chi connectivity index (χ2n) is 3.42. The first-order valence-corrected chi connectivity index (χ1v) is 5.98. The van der Waals surface area contributed by atoms with Crippen LogP contribution in [0.5, 0.6) is 0 Å². The van der Waals surface area contributed by atoms with Crippen LogP contribution in [0, 0.1) is 6.92 Å². The maximum Gasteiger partial charge on any atom is 0.0798 e. The van der Waals surface area contributed by atoms with Crippen LogP contribution in [-0.4, -0.2) is 31.3 Å². The number of rotatable bonds is 7. The summed E-state index contributed by atoms with van der Waals surface area (Å²) >= 11 is 1.69. The molecule has 15 heavy (non-hydrogen) atoms. The summed E-state index contributed by atoms with van der Waals surface area (Å²) in [6.45, 7) is 4.42. The monoisotopic (exact) mass is 229 g/mol. The summed E-state index contributed by atoms with van der Waals surface area (Å²) in [4.78, 5) is 5.50. The van der Waals surface area contributed by atoms with Crippen LogP contribution in [-0.2, 0) is 11.3 Å². The van der Waals surface area contributed by atoms with E-state index in [-0.39, 0.29) is 6.10 Å². The molecular weight excluding hydrogens is 210 g/mol. The standard InChI is InChI=1S/C10H19N3OS/c1-8-10(15-7-13-8)6-12-4-3-9(5-11)14-2/h7,9,12H,3-6,11H2,1-2H3. The average molecular weight is 229 g/mol. The Morgan fingerprint density at radius 2 is 2.47 bits per heavy atom. The molecule has 5 heteroatoms.